The lowest BCUT2D eigenvalue weighted by Crippen LogP contribution is -2.59. The summed E-state index contributed by atoms with van der Waals surface area (Å²) in [5.74, 6) is -0.652. The van der Waals surface area contributed by atoms with Crippen molar-refractivity contribution in [2.75, 3.05) is 44.6 Å². The van der Waals surface area contributed by atoms with Crippen molar-refractivity contribution in [3.63, 3.8) is 0 Å². The highest BCUT2D eigenvalue weighted by Crippen LogP contribution is 2.43. The number of piperidine rings is 1. The quantitative estimate of drug-likeness (QED) is 0.397. The number of aromatic nitrogens is 1. The molecule has 3 fully saturated rings. The number of hydrogen-bond donors (Lipinski definition) is 3. The summed E-state index contributed by atoms with van der Waals surface area (Å²) in [6.07, 6.45) is 6.97. The van der Waals surface area contributed by atoms with E-state index in [1.54, 1.807) is 17.0 Å². The number of nitrogens with zero attached hydrogens (tertiary/aromatic N) is 3. The van der Waals surface area contributed by atoms with Gasteiger partial charge >= 0.3 is 17.9 Å². The van der Waals surface area contributed by atoms with Gasteiger partial charge in [-0.1, -0.05) is 43.5 Å². The Bertz CT molecular complexity index is 1630. The lowest BCUT2D eigenvalue weighted by molar-refractivity contribution is -0.135. The van der Waals surface area contributed by atoms with E-state index in [2.05, 4.69) is 20.5 Å². The number of urea groups is 1. The van der Waals surface area contributed by atoms with E-state index in [4.69, 9.17) is 9.15 Å². The molecule has 1 atom stereocenters. The zero-order chi connectivity index (χ0) is 31.0. The lowest BCUT2D eigenvalue weighted by atomic mass is 9.82. The summed E-state index contributed by atoms with van der Waals surface area (Å²) in [6.45, 7) is 3.66. The molecule has 3 aliphatic heterocycles. The summed E-state index contributed by atoms with van der Waals surface area (Å²) < 4.78 is 11.1. The minimum Gasteiger partial charge on any atom is -0.438 e. The van der Waals surface area contributed by atoms with Crippen molar-refractivity contribution in [1.29, 1.82) is 0 Å². The molecule has 1 unspecified atom stereocenters. The van der Waals surface area contributed by atoms with Crippen LogP contribution in [0.4, 0.5) is 15.3 Å². The summed E-state index contributed by atoms with van der Waals surface area (Å²) in [6, 6.07) is 12.4. The molecule has 0 radical (unpaired) electrons. The molecule has 4 heterocycles. The number of H-pyrrole nitrogens is 1. The van der Waals surface area contributed by atoms with Crippen LogP contribution in [-0.2, 0) is 21.6 Å². The molecule has 3 N–H and O–H groups in total. The number of anilines is 1. The highest BCUT2D eigenvalue weighted by atomic mass is 16.6. The SMILES string of the molecule is O=C1Nc2ccccc2C2(CCN(C(=O)NC(Cc3ccc4[nH]c(=O)oc4c3)C(=O)N3CCN(C4CCCCC4)CC3)CC2)O1. The molecule has 1 aromatic heterocycles. The Morgan fingerprint density at radius 1 is 0.933 bits per heavy atom. The van der Waals surface area contributed by atoms with Gasteiger partial charge in [-0.3, -0.25) is 20.0 Å². The van der Waals surface area contributed by atoms with E-state index in [-0.39, 0.29) is 18.4 Å². The number of piperazine rings is 1. The first-order valence-electron chi connectivity index (χ1n) is 16.2. The Balaban J connectivity index is 1.05. The van der Waals surface area contributed by atoms with Crippen molar-refractivity contribution in [3.05, 3.63) is 64.1 Å². The molecule has 4 aliphatic rings. The molecule has 1 saturated carbocycles. The van der Waals surface area contributed by atoms with Crippen molar-refractivity contribution in [2.45, 2.75) is 69.1 Å². The minimum absolute atomic E-state index is 0.114. The highest BCUT2D eigenvalue weighted by molar-refractivity contribution is 5.89. The number of fused-ring (bicyclic) bond motifs is 3. The number of ether oxygens (including phenoxy) is 1. The van der Waals surface area contributed by atoms with Gasteiger partial charge in [0.1, 0.15) is 11.6 Å². The molecule has 2 aromatic carbocycles. The van der Waals surface area contributed by atoms with Crippen LogP contribution in [-0.4, -0.2) is 89.1 Å². The number of amides is 4. The van der Waals surface area contributed by atoms with Crippen LogP contribution in [0.2, 0.25) is 0 Å². The van der Waals surface area contributed by atoms with Crippen molar-refractivity contribution in [2.24, 2.45) is 0 Å². The van der Waals surface area contributed by atoms with E-state index in [1.807, 2.05) is 35.2 Å². The topological polar surface area (TPSA) is 140 Å². The van der Waals surface area contributed by atoms with E-state index in [0.717, 1.165) is 29.9 Å². The average Bonchev–Trinajstić information content (AvgIpc) is 3.44. The van der Waals surface area contributed by atoms with E-state index < -0.39 is 23.5 Å². The number of carbonyl (C=O) groups is 3. The van der Waals surface area contributed by atoms with Crippen LogP contribution in [0.5, 0.6) is 0 Å². The first kappa shape index (κ1) is 29.4. The number of hydrogen-bond acceptors (Lipinski definition) is 7. The van der Waals surface area contributed by atoms with Gasteiger partial charge in [0.25, 0.3) is 0 Å². The Kier molecular flexibility index (Phi) is 7.99. The van der Waals surface area contributed by atoms with Crippen molar-refractivity contribution < 1.29 is 23.5 Å². The zero-order valence-corrected chi connectivity index (χ0v) is 25.4. The van der Waals surface area contributed by atoms with Crippen LogP contribution in [0.1, 0.15) is 56.1 Å². The van der Waals surface area contributed by atoms with Gasteiger partial charge < -0.3 is 24.3 Å². The number of rotatable bonds is 5. The molecule has 238 valence electrons. The predicted molar refractivity (Wildman–Crippen MR) is 167 cm³/mol. The monoisotopic (exact) mass is 616 g/mol. The van der Waals surface area contributed by atoms with Crippen LogP contribution in [0.3, 0.4) is 0 Å². The largest absolute Gasteiger partial charge is 0.438 e. The first-order chi connectivity index (χ1) is 21.9. The number of likely N-dealkylation sites (tertiary alicyclic amines) is 1. The first-order valence-corrected chi connectivity index (χ1v) is 16.2. The van der Waals surface area contributed by atoms with Crippen LogP contribution in [0.25, 0.3) is 11.1 Å². The third-order valence-electron chi connectivity index (χ3n) is 10.0. The van der Waals surface area contributed by atoms with Crippen LogP contribution >= 0.6 is 0 Å². The zero-order valence-electron chi connectivity index (χ0n) is 25.4. The summed E-state index contributed by atoms with van der Waals surface area (Å²) in [5, 5.41) is 5.81. The molecule has 3 aromatic rings. The van der Waals surface area contributed by atoms with Crippen molar-refractivity contribution >= 4 is 34.8 Å². The number of nitrogens with one attached hydrogen (secondary N) is 3. The predicted octanol–water partition coefficient (Wildman–Crippen LogP) is 3.77. The Hall–Kier alpha value is -4.32. The average molecular weight is 617 g/mol. The Labute approximate surface area is 261 Å². The van der Waals surface area contributed by atoms with Crippen LogP contribution in [0.15, 0.2) is 51.7 Å². The van der Waals surface area contributed by atoms with Gasteiger partial charge in [-0.05, 0) is 36.6 Å². The second-order valence-electron chi connectivity index (χ2n) is 12.7. The van der Waals surface area contributed by atoms with E-state index in [0.29, 0.717) is 56.2 Å². The summed E-state index contributed by atoms with van der Waals surface area (Å²) in [7, 11) is 0. The van der Waals surface area contributed by atoms with Gasteiger partial charge in [0.2, 0.25) is 5.91 Å². The molecule has 2 saturated heterocycles. The highest BCUT2D eigenvalue weighted by Gasteiger charge is 2.45. The molecule has 45 heavy (non-hydrogen) atoms. The number of oxazole rings is 1. The van der Waals surface area contributed by atoms with Crippen LogP contribution in [0, 0.1) is 0 Å². The summed E-state index contributed by atoms with van der Waals surface area (Å²) in [4.78, 5) is 60.5. The van der Waals surface area contributed by atoms with E-state index in [1.165, 1.54) is 32.1 Å². The number of aromatic amines is 1. The smallest absolute Gasteiger partial charge is 0.417 e. The second kappa shape index (κ2) is 12.2. The lowest BCUT2D eigenvalue weighted by Gasteiger charge is -2.44. The maximum absolute atomic E-state index is 14.0. The van der Waals surface area contributed by atoms with E-state index >= 15 is 0 Å². The standard InChI is InChI=1S/C33H40N6O6/c40-29(38-18-16-37(17-19-38)23-6-2-1-3-7-23)27(20-22-10-11-26-28(21-22)44-31(42)36-26)34-30(41)39-14-12-33(13-15-39)24-8-4-5-9-25(24)35-32(43)45-33/h4-5,8-11,21,23,27H,1-3,6-7,12-20H2,(H,34,41)(H,35,43)(H,36,42). The number of para-hydroxylation sites is 1. The molecule has 4 amide bonds. The fourth-order valence-electron chi connectivity index (χ4n) is 7.57. The summed E-state index contributed by atoms with van der Waals surface area (Å²) in [5.41, 5.74) is 2.62. The van der Waals surface area contributed by atoms with Crippen molar-refractivity contribution in [1.82, 2.24) is 25.0 Å². The minimum atomic E-state index is -0.796. The van der Waals surface area contributed by atoms with Gasteiger partial charge in [0, 0.05) is 70.1 Å². The van der Waals surface area contributed by atoms with Gasteiger partial charge in [-0.2, -0.15) is 0 Å². The molecular formula is C33H40N6O6. The molecular weight excluding hydrogens is 576 g/mol. The molecule has 1 aliphatic carbocycles. The van der Waals surface area contributed by atoms with Gasteiger partial charge in [0.15, 0.2) is 5.58 Å². The van der Waals surface area contributed by atoms with Crippen molar-refractivity contribution in [3.8, 4) is 0 Å². The number of benzene rings is 2. The third kappa shape index (κ3) is 6.03. The maximum Gasteiger partial charge on any atom is 0.417 e. The van der Waals surface area contributed by atoms with Crippen LogP contribution < -0.4 is 16.4 Å². The summed E-state index contributed by atoms with van der Waals surface area (Å²) >= 11 is 0. The van der Waals surface area contributed by atoms with Gasteiger partial charge in [0.05, 0.1) is 11.2 Å². The second-order valence-corrected chi connectivity index (χ2v) is 12.7. The van der Waals surface area contributed by atoms with E-state index in [9.17, 15) is 19.2 Å². The third-order valence-corrected chi connectivity index (χ3v) is 10.0. The molecule has 12 heteroatoms. The van der Waals surface area contributed by atoms with Gasteiger partial charge in [-0.15, -0.1) is 0 Å². The fourth-order valence-corrected chi connectivity index (χ4v) is 7.57. The molecule has 7 rings (SSSR count). The molecule has 0 bridgehead atoms. The Morgan fingerprint density at radius 2 is 1.69 bits per heavy atom. The number of carbonyl (C=O) groups excluding carboxylic acids is 3. The molecule has 12 nitrogen and oxygen atoms in total. The fraction of sp³-hybridized carbons (Fsp3) is 0.515. The maximum atomic E-state index is 14.0. The molecule has 1 spiro atoms. The normalized spacial score (nSPS) is 21.2. The Morgan fingerprint density at radius 3 is 2.47 bits per heavy atom. The van der Waals surface area contributed by atoms with Gasteiger partial charge in [-0.25, -0.2) is 14.4 Å².